The van der Waals surface area contributed by atoms with Crippen LogP contribution >= 0.6 is 0 Å². The molecule has 0 aliphatic heterocycles. The van der Waals surface area contributed by atoms with Crippen molar-refractivity contribution < 1.29 is 4.74 Å². The van der Waals surface area contributed by atoms with Crippen LogP contribution in [0.2, 0.25) is 0 Å². The van der Waals surface area contributed by atoms with Gasteiger partial charge in [-0.15, -0.1) is 0 Å². The predicted octanol–water partition coefficient (Wildman–Crippen LogP) is 4.48. The molecule has 0 bridgehead atoms. The highest BCUT2D eigenvalue weighted by Crippen LogP contribution is 2.40. The number of nitrogens with two attached hydrogens (primary N) is 1. The molecule has 0 spiro atoms. The van der Waals surface area contributed by atoms with Gasteiger partial charge < -0.3 is 10.5 Å². The lowest BCUT2D eigenvalue weighted by Crippen LogP contribution is -2.41. The van der Waals surface area contributed by atoms with Crippen molar-refractivity contribution in [3.63, 3.8) is 0 Å². The highest BCUT2D eigenvalue weighted by atomic mass is 16.5. The van der Waals surface area contributed by atoms with E-state index in [1.165, 1.54) is 24.8 Å². The minimum atomic E-state index is -0.136. The second kappa shape index (κ2) is 6.62. The molecular weight excluding hydrogens is 246 g/mol. The zero-order valence-corrected chi connectivity index (χ0v) is 13.2. The van der Waals surface area contributed by atoms with E-state index >= 15 is 0 Å². The van der Waals surface area contributed by atoms with Crippen molar-refractivity contribution in [1.82, 2.24) is 0 Å². The van der Waals surface area contributed by atoms with Crippen LogP contribution in [0.15, 0.2) is 24.3 Å². The Morgan fingerprint density at radius 2 is 2.00 bits per heavy atom. The quantitative estimate of drug-likeness (QED) is 0.860. The minimum absolute atomic E-state index is 0.136. The van der Waals surface area contributed by atoms with Crippen LogP contribution in [-0.2, 0) is 5.54 Å². The van der Waals surface area contributed by atoms with E-state index in [9.17, 15) is 0 Å². The van der Waals surface area contributed by atoms with E-state index < -0.39 is 0 Å². The van der Waals surface area contributed by atoms with Crippen LogP contribution in [0.1, 0.15) is 58.4 Å². The number of hydrogen-bond donors (Lipinski definition) is 1. The van der Waals surface area contributed by atoms with Gasteiger partial charge in [0.2, 0.25) is 0 Å². The molecule has 1 aliphatic carbocycles. The lowest BCUT2D eigenvalue weighted by molar-refractivity contribution is 0.202. The number of hydrogen-bond acceptors (Lipinski definition) is 2. The van der Waals surface area contributed by atoms with Gasteiger partial charge in [0.25, 0.3) is 0 Å². The Bertz CT molecular complexity index is 412. The monoisotopic (exact) mass is 275 g/mol. The third-order valence-corrected chi connectivity index (χ3v) is 4.43. The first-order valence-corrected chi connectivity index (χ1v) is 8.05. The van der Waals surface area contributed by atoms with Crippen molar-refractivity contribution >= 4 is 0 Å². The van der Waals surface area contributed by atoms with Crippen molar-refractivity contribution in [2.24, 2.45) is 17.6 Å². The standard InChI is InChI=1S/C18H29NO/c1-4-20-17-9-7-16(8-10-17)18(19)11-5-6-15(13-18)12-14(2)3/h7-10,14-15H,4-6,11-13,19H2,1-3H3. The van der Waals surface area contributed by atoms with Crippen molar-refractivity contribution in [2.45, 2.75) is 58.4 Å². The van der Waals surface area contributed by atoms with E-state index in [1.54, 1.807) is 0 Å². The molecule has 20 heavy (non-hydrogen) atoms. The van der Waals surface area contributed by atoms with Gasteiger partial charge in [-0.05, 0) is 55.7 Å². The second-order valence-corrected chi connectivity index (χ2v) is 6.71. The Morgan fingerprint density at radius 1 is 1.30 bits per heavy atom. The second-order valence-electron chi connectivity index (χ2n) is 6.71. The first-order valence-electron chi connectivity index (χ1n) is 8.05. The maximum Gasteiger partial charge on any atom is 0.119 e. The Labute approximate surface area is 123 Å². The molecule has 1 saturated carbocycles. The van der Waals surface area contributed by atoms with E-state index in [2.05, 4.69) is 38.1 Å². The molecule has 2 heteroatoms. The molecular formula is C18H29NO. The minimum Gasteiger partial charge on any atom is -0.494 e. The molecule has 2 atom stereocenters. The first kappa shape index (κ1) is 15.4. The maximum atomic E-state index is 6.73. The molecule has 0 radical (unpaired) electrons. The average molecular weight is 275 g/mol. The summed E-state index contributed by atoms with van der Waals surface area (Å²) in [7, 11) is 0. The van der Waals surface area contributed by atoms with Gasteiger partial charge >= 0.3 is 0 Å². The van der Waals surface area contributed by atoms with Gasteiger partial charge in [-0.2, -0.15) is 0 Å². The molecule has 2 nitrogen and oxygen atoms in total. The maximum absolute atomic E-state index is 6.73. The van der Waals surface area contributed by atoms with Crippen LogP contribution in [0, 0.1) is 11.8 Å². The number of benzene rings is 1. The SMILES string of the molecule is CCOc1ccc(C2(N)CCCC(CC(C)C)C2)cc1. The van der Waals surface area contributed by atoms with Crippen molar-refractivity contribution in [3.05, 3.63) is 29.8 Å². The highest BCUT2D eigenvalue weighted by Gasteiger charge is 2.34. The number of rotatable bonds is 5. The normalized spacial score (nSPS) is 26.8. The Morgan fingerprint density at radius 3 is 2.60 bits per heavy atom. The van der Waals surface area contributed by atoms with E-state index in [4.69, 9.17) is 10.5 Å². The molecule has 0 saturated heterocycles. The van der Waals surface area contributed by atoms with Crippen molar-refractivity contribution in [1.29, 1.82) is 0 Å². The smallest absolute Gasteiger partial charge is 0.119 e. The summed E-state index contributed by atoms with van der Waals surface area (Å²) in [5.41, 5.74) is 7.87. The number of ether oxygens (including phenoxy) is 1. The molecule has 112 valence electrons. The predicted molar refractivity (Wildman–Crippen MR) is 84.9 cm³/mol. The van der Waals surface area contributed by atoms with Crippen molar-refractivity contribution in [3.8, 4) is 5.75 Å². The topological polar surface area (TPSA) is 35.2 Å². The van der Waals surface area contributed by atoms with Crippen LogP contribution < -0.4 is 10.5 Å². The largest absolute Gasteiger partial charge is 0.494 e. The first-order chi connectivity index (χ1) is 9.53. The lowest BCUT2D eigenvalue weighted by Gasteiger charge is -2.39. The summed E-state index contributed by atoms with van der Waals surface area (Å²) < 4.78 is 5.51. The molecule has 0 amide bonds. The Hall–Kier alpha value is -1.02. The van der Waals surface area contributed by atoms with Crippen molar-refractivity contribution in [2.75, 3.05) is 6.61 Å². The van der Waals surface area contributed by atoms with Gasteiger partial charge in [0.15, 0.2) is 0 Å². The zero-order chi connectivity index (χ0) is 14.6. The van der Waals surface area contributed by atoms with Gasteiger partial charge in [-0.25, -0.2) is 0 Å². The van der Waals surface area contributed by atoms with Gasteiger partial charge in [-0.1, -0.05) is 38.8 Å². The van der Waals surface area contributed by atoms with Crippen LogP contribution in [0.5, 0.6) is 5.75 Å². The Kier molecular flexibility index (Phi) is 5.09. The molecule has 2 rings (SSSR count). The summed E-state index contributed by atoms with van der Waals surface area (Å²) in [6.07, 6.45) is 6.12. The average Bonchev–Trinajstić information content (AvgIpc) is 2.39. The zero-order valence-electron chi connectivity index (χ0n) is 13.2. The molecule has 2 N–H and O–H groups in total. The third-order valence-electron chi connectivity index (χ3n) is 4.43. The summed E-state index contributed by atoms with van der Waals surface area (Å²) in [5, 5.41) is 0. The molecule has 1 fully saturated rings. The van der Waals surface area contributed by atoms with Crippen LogP contribution in [0.3, 0.4) is 0 Å². The Balaban J connectivity index is 2.08. The van der Waals surface area contributed by atoms with E-state index in [0.717, 1.165) is 30.4 Å². The third kappa shape index (κ3) is 3.76. The molecule has 1 aliphatic rings. The highest BCUT2D eigenvalue weighted by molar-refractivity contribution is 5.32. The molecule has 1 aromatic carbocycles. The van der Waals surface area contributed by atoms with Gasteiger partial charge in [0, 0.05) is 5.54 Å². The summed E-state index contributed by atoms with van der Waals surface area (Å²) in [4.78, 5) is 0. The molecule has 1 aromatic rings. The molecule has 2 unspecified atom stereocenters. The fourth-order valence-corrected chi connectivity index (χ4v) is 3.61. The van der Waals surface area contributed by atoms with Crippen LogP contribution in [-0.4, -0.2) is 6.61 Å². The van der Waals surface area contributed by atoms with Crippen LogP contribution in [0.25, 0.3) is 0 Å². The van der Waals surface area contributed by atoms with Gasteiger partial charge in [0.05, 0.1) is 6.61 Å². The molecule has 0 aromatic heterocycles. The van der Waals surface area contributed by atoms with Gasteiger partial charge in [-0.3, -0.25) is 0 Å². The van der Waals surface area contributed by atoms with E-state index in [0.29, 0.717) is 6.61 Å². The summed E-state index contributed by atoms with van der Waals surface area (Å²) >= 11 is 0. The van der Waals surface area contributed by atoms with E-state index in [-0.39, 0.29) is 5.54 Å². The molecule has 0 heterocycles. The summed E-state index contributed by atoms with van der Waals surface area (Å²) in [6.45, 7) is 7.34. The fourth-order valence-electron chi connectivity index (χ4n) is 3.61. The fraction of sp³-hybridized carbons (Fsp3) is 0.667. The lowest BCUT2D eigenvalue weighted by atomic mass is 9.70. The summed E-state index contributed by atoms with van der Waals surface area (Å²) in [5.74, 6) is 2.48. The van der Waals surface area contributed by atoms with Gasteiger partial charge in [0.1, 0.15) is 5.75 Å². The van der Waals surface area contributed by atoms with Crippen LogP contribution in [0.4, 0.5) is 0 Å². The van der Waals surface area contributed by atoms with E-state index in [1.807, 2.05) is 6.92 Å². The summed E-state index contributed by atoms with van der Waals surface area (Å²) in [6, 6.07) is 8.42.